The maximum atomic E-state index is 5.24. The van der Waals surface area contributed by atoms with E-state index in [1.807, 2.05) is 0 Å². The standard InChI is InChI=1S/C8H15N3/c1-6-4-7(10-9)5-11(6)8-2-3-8/h6,8H,2-5,9H2,1H3/b10-7+. The van der Waals surface area contributed by atoms with Crippen LogP contribution in [0.5, 0.6) is 0 Å². The van der Waals surface area contributed by atoms with Crippen LogP contribution in [0.2, 0.25) is 0 Å². The molecule has 1 unspecified atom stereocenters. The smallest absolute Gasteiger partial charge is 0.0531 e. The lowest BCUT2D eigenvalue weighted by Gasteiger charge is -2.18. The molecular formula is C8H15N3. The first-order valence-electron chi connectivity index (χ1n) is 4.32. The zero-order valence-corrected chi connectivity index (χ0v) is 6.95. The van der Waals surface area contributed by atoms with Gasteiger partial charge in [0, 0.05) is 25.0 Å². The Morgan fingerprint density at radius 3 is 2.73 bits per heavy atom. The summed E-state index contributed by atoms with van der Waals surface area (Å²) in [5.41, 5.74) is 1.17. The molecule has 62 valence electrons. The van der Waals surface area contributed by atoms with Crippen LogP contribution in [-0.4, -0.2) is 29.2 Å². The summed E-state index contributed by atoms with van der Waals surface area (Å²) in [6, 6.07) is 1.52. The first-order chi connectivity index (χ1) is 5.31. The molecule has 1 aliphatic heterocycles. The second-order valence-corrected chi connectivity index (χ2v) is 3.65. The Morgan fingerprint density at radius 1 is 1.55 bits per heavy atom. The minimum atomic E-state index is 0.671. The lowest BCUT2D eigenvalue weighted by Crippen LogP contribution is -2.29. The average molecular weight is 153 g/mol. The zero-order chi connectivity index (χ0) is 7.84. The van der Waals surface area contributed by atoms with E-state index in [1.165, 1.54) is 18.6 Å². The maximum absolute atomic E-state index is 5.24. The average Bonchev–Trinajstić information content (AvgIpc) is 2.76. The van der Waals surface area contributed by atoms with E-state index >= 15 is 0 Å². The molecule has 2 N–H and O–H groups in total. The molecule has 0 aromatic heterocycles. The Labute approximate surface area is 67.2 Å². The van der Waals surface area contributed by atoms with Crippen molar-refractivity contribution in [1.82, 2.24) is 4.90 Å². The molecule has 11 heavy (non-hydrogen) atoms. The van der Waals surface area contributed by atoms with Gasteiger partial charge in [-0.2, -0.15) is 5.10 Å². The van der Waals surface area contributed by atoms with Gasteiger partial charge in [0.15, 0.2) is 0 Å². The van der Waals surface area contributed by atoms with E-state index in [-0.39, 0.29) is 0 Å². The van der Waals surface area contributed by atoms with Gasteiger partial charge >= 0.3 is 0 Å². The van der Waals surface area contributed by atoms with Gasteiger partial charge in [-0.3, -0.25) is 4.90 Å². The monoisotopic (exact) mass is 153 g/mol. The number of hydrogen-bond donors (Lipinski definition) is 1. The molecule has 2 rings (SSSR count). The molecule has 3 nitrogen and oxygen atoms in total. The highest BCUT2D eigenvalue weighted by Gasteiger charge is 2.36. The quantitative estimate of drug-likeness (QED) is 0.441. The van der Waals surface area contributed by atoms with Crippen molar-refractivity contribution in [2.45, 2.75) is 38.3 Å². The number of hydrazone groups is 1. The van der Waals surface area contributed by atoms with Crippen LogP contribution in [0.3, 0.4) is 0 Å². The minimum Gasteiger partial charge on any atom is -0.323 e. The summed E-state index contributed by atoms with van der Waals surface area (Å²) in [5, 5.41) is 3.77. The summed E-state index contributed by atoms with van der Waals surface area (Å²) in [7, 11) is 0. The number of likely N-dealkylation sites (tertiary alicyclic amines) is 1. The number of nitrogens with two attached hydrogens (primary N) is 1. The van der Waals surface area contributed by atoms with E-state index in [1.54, 1.807) is 0 Å². The maximum Gasteiger partial charge on any atom is 0.0531 e. The molecule has 3 heteroatoms. The molecule has 0 amide bonds. The summed E-state index contributed by atoms with van der Waals surface area (Å²) in [4.78, 5) is 2.52. The predicted molar refractivity (Wildman–Crippen MR) is 45.4 cm³/mol. The van der Waals surface area contributed by atoms with Crippen LogP contribution in [0.25, 0.3) is 0 Å². The number of hydrogen-bond acceptors (Lipinski definition) is 3. The van der Waals surface area contributed by atoms with E-state index in [0.717, 1.165) is 19.0 Å². The lowest BCUT2D eigenvalue weighted by atomic mass is 10.2. The van der Waals surface area contributed by atoms with Crippen LogP contribution < -0.4 is 5.84 Å². The van der Waals surface area contributed by atoms with Crippen LogP contribution in [0.1, 0.15) is 26.2 Å². The van der Waals surface area contributed by atoms with Crippen molar-refractivity contribution in [3.63, 3.8) is 0 Å². The van der Waals surface area contributed by atoms with Crippen molar-refractivity contribution in [3.8, 4) is 0 Å². The summed E-state index contributed by atoms with van der Waals surface area (Å²) in [6.45, 7) is 3.28. The second kappa shape index (κ2) is 2.48. The predicted octanol–water partition coefficient (Wildman–Crippen LogP) is 0.558. The van der Waals surface area contributed by atoms with E-state index in [0.29, 0.717) is 6.04 Å². The summed E-state index contributed by atoms with van der Waals surface area (Å²) >= 11 is 0. The van der Waals surface area contributed by atoms with Gasteiger partial charge in [-0.1, -0.05) is 0 Å². The first kappa shape index (κ1) is 7.10. The highest BCUT2D eigenvalue weighted by molar-refractivity contribution is 5.88. The largest absolute Gasteiger partial charge is 0.323 e. The zero-order valence-electron chi connectivity index (χ0n) is 6.95. The molecule has 1 aliphatic carbocycles. The van der Waals surface area contributed by atoms with Crippen molar-refractivity contribution in [2.75, 3.05) is 6.54 Å². The fourth-order valence-corrected chi connectivity index (χ4v) is 1.88. The van der Waals surface area contributed by atoms with Crippen molar-refractivity contribution >= 4 is 5.71 Å². The first-order valence-corrected chi connectivity index (χ1v) is 4.32. The molecule has 0 radical (unpaired) electrons. The molecule has 1 heterocycles. The number of rotatable bonds is 1. The fourth-order valence-electron chi connectivity index (χ4n) is 1.88. The van der Waals surface area contributed by atoms with Gasteiger partial charge in [0.1, 0.15) is 0 Å². The SMILES string of the molecule is CC1C/C(=N\N)CN1C1CC1. The molecule has 0 spiro atoms. The summed E-state index contributed by atoms with van der Waals surface area (Å²) in [5.74, 6) is 5.24. The van der Waals surface area contributed by atoms with Gasteiger partial charge in [-0.05, 0) is 19.8 Å². The van der Waals surface area contributed by atoms with Crippen LogP contribution in [0.15, 0.2) is 5.10 Å². The molecule has 0 bridgehead atoms. The molecule has 2 fully saturated rings. The number of nitrogens with zero attached hydrogens (tertiary/aromatic N) is 2. The highest BCUT2D eigenvalue weighted by atomic mass is 15.3. The van der Waals surface area contributed by atoms with Gasteiger partial charge in [0.25, 0.3) is 0 Å². The van der Waals surface area contributed by atoms with Crippen LogP contribution in [0.4, 0.5) is 0 Å². The second-order valence-electron chi connectivity index (χ2n) is 3.65. The molecule has 1 saturated heterocycles. The Morgan fingerprint density at radius 2 is 2.27 bits per heavy atom. The fraction of sp³-hybridized carbons (Fsp3) is 0.875. The van der Waals surface area contributed by atoms with Crippen LogP contribution in [-0.2, 0) is 0 Å². The Bertz CT molecular complexity index is 184. The van der Waals surface area contributed by atoms with E-state index in [4.69, 9.17) is 5.84 Å². The highest BCUT2D eigenvalue weighted by Crippen LogP contribution is 2.32. The third-order valence-corrected chi connectivity index (χ3v) is 2.66. The van der Waals surface area contributed by atoms with Gasteiger partial charge in [0.05, 0.1) is 5.71 Å². The van der Waals surface area contributed by atoms with Crippen molar-refractivity contribution in [1.29, 1.82) is 0 Å². The Hall–Kier alpha value is -0.570. The van der Waals surface area contributed by atoms with Crippen LogP contribution in [0, 0.1) is 0 Å². The Kier molecular flexibility index (Phi) is 1.60. The van der Waals surface area contributed by atoms with Gasteiger partial charge in [-0.15, -0.1) is 0 Å². The molecule has 0 aromatic rings. The molecule has 0 aromatic carbocycles. The molecule has 1 atom stereocenters. The molecule has 1 saturated carbocycles. The van der Waals surface area contributed by atoms with E-state index in [2.05, 4.69) is 16.9 Å². The molecule has 2 aliphatic rings. The third-order valence-electron chi connectivity index (χ3n) is 2.66. The topological polar surface area (TPSA) is 41.6 Å². The van der Waals surface area contributed by atoms with Crippen molar-refractivity contribution in [3.05, 3.63) is 0 Å². The van der Waals surface area contributed by atoms with Gasteiger partial charge in [-0.25, -0.2) is 0 Å². The minimum absolute atomic E-state index is 0.671. The summed E-state index contributed by atoms with van der Waals surface area (Å²) < 4.78 is 0. The van der Waals surface area contributed by atoms with Crippen molar-refractivity contribution in [2.24, 2.45) is 10.9 Å². The van der Waals surface area contributed by atoms with Gasteiger partial charge in [0.2, 0.25) is 0 Å². The van der Waals surface area contributed by atoms with E-state index < -0.39 is 0 Å². The lowest BCUT2D eigenvalue weighted by molar-refractivity contribution is 0.262. The Balaban J connectivity index is 2.01. The van der Waals surface area contributed by atoms with E-state index in [9.17, 15) is 0 Å². The van der Waals surface area contributed by atoms with Crippen molar-refractivity contribution < 1.29 is 0 Å². The third kappa shape index (κ3) is 1.25. The summed E-state index contributed by atoms with van der Waals surface area (Å²) in [6.07, 6.45) is 3.83. The normalized spacial score (nSPS) is 36.8. The molecular weight excluding hydrogens is 138 g/mol. The van der Waals surface area contributed by atoms with Crippen LogP contribution >= 0.6 is 0 Å². The van der Waals surface area contributed by atoms with Gasteiger partial charge < -0.3 is 5.84 Å².